The topological polar surface area (TPSA) is 143 Å². The third kappa shape index (κ3) is 30.3. The fourth-order valence-corrected chi connectivity index (χ4v) is 6.98. The fraction of sp³-hybridized carbons (Fsp3) is 0.935. The van der Waals surface area contributed by atoms with Crippen molar-refractivity contribution in [1.82, 2.24) is 5.23 Å². The molecule has 0 aromatic carbocycles. The fourth-order valence-electron chi connectivity index (χ4n) is 6.98. The van der Waals surface area contributed by atoms with Crippen molar-refractivity contribution in [1.29, 1.82) is 0 Å². The lowest BCUT2D eigenvalue weighted by Crippen LogP contribution is -2.63. The van der Waals surface area contributed by atoms with E-state index in [1.165, 1.54) is 135 Å². The largest absolute Gasteiger partial charge is 0.433 e. The monoisotopic (exact) mass is 800 g/mol. The SMILES string of the molecule is CCCCCCCCCCCCCC(=O)OC(O)C(CO)(CO)N(OC(=O)CCCCCCCCCCCCC)OC(=O)CCCCCCCCCCCCC. The summed E-state index contributed by atoms with van der Waals surface area (Å²) in [5.41, 5.74) is -2.31. The molecule has 0 bridgehead atoms. The Morgan fingerprint density at radius 3 is 0.893 bits per heavy atom. The van der Waals surface area contributed by atoms with E-state index in [2.05, 4.69) is 20.8 Å². The maximum absolute atomic E-state index is 13.0. The van der Waals surface area contributed by atoms with Crippen molar-refractivity contribution in [2.75, 3.05) is 13.2 Å². The van der Waals surface area contributed by atoms with Gasteiger partial charge in [-0.3, -0.25) is 14.4 Å². The van der Waals surface area contributed by atoms with Crippen LogP contribution in [0.25, 0.3) is 0 Å². The highest BCUT2D eigenvalue weighted by molar-refractivity contribution is 5.71. The number of esters is 1. The summed E-state index contributed by atoms with van der Waals surface area (Å²) in [6.45, 7) is 4.62. The van der Waals surface area contributed by atoms with Crippen molar-refractivity contribution >= 4 is 17.9 Å². The zero-order valence-electron chi connectivity index (χ0n) is 36.7. The molecule has 0 heterocycles. The summed E-state index contributed by atoms with van der Waals surface area (Å²) in [5.74, 6) is -2.21. The van der Waals surface area contributed by atoms with E-state index < -0.39 is 43.0 Å². The normalized spacial score (nSPS) is 12.3. The Bertz CT molecular complexity index is 858. The minimum Gasteiger partial charge on any atom is -0.433 e. The molecule has 332 valence electrons. The highest BCUT2D eigenvalue weighted by Gasteiger charge is 2.51. The first kappa shape index (κ1) is 54.2. The molecule has 3 N–H and O–H groups in total. The molecule has 0 aromatic rings. The molecule has 0 amide bonds. The van der Waals surface area contributed by atoms with Crippen LogP contribution in [0.1, 0.15) is 252 Å². The van der Waals surface area contributed by atoms with Crippen LogP contribution in [-0.2, 0) is 28.8 Å². The van der Waals surface area contributed by atoms with Gasteiger partial charge in [-0.2, -0.15) is 0 Å². The lowest BCUT2D eigenvalue weighted by molar-refractivity contribution is -0.405. The third-order valence-corrected chi connectivity index (χ3v) is 10.9. The maximum Gasteiger partial charge on any atom is 0.329 e. The number of aliphatic hydroxyl groups is 3. The number of hydrogen-bond acceptors (Lipinski definition) is 10. The molecule has 1 unspecified atom stereocenters. The zero-order chi connectivity index (χ0) is 41.4. The summed E-state index contributed by atoms with van der Waals surface area (Å²) in [7, 11) is 0. The summed E-state index contributed by atoms with van der Waals surface area (Å²) in [6, 6.07) is 0. The van der Waals surface area contributed by atoms with Gasteiger partial charge in [0.05, 0.1) is 18.4 Å². The van der Waals surface area contributed by atoms with Crippen LogP contribution in [-0.4, -0.2) is 63.5 Å². The van der Waals surface area contributed by atoms with Crippen LogP contribution in [0.2, 0.25) is 0 Å². The summed E-state index contributed by atoms with van der Waals surface area (Å²) in [5, 5.41) is 32.4. The molecule has 1 atom stereocenters. The molecule has 0 radical (unpaired) electrons. The molecule has 0 spiro atoms. The molecule has 0 aromatic heterocycles. The molecular weight excluding hydrogens is 711 g/mol. The van der Waals surface area contributed by atoms with Gasteiger partial charge in [-0.15, -0.1) is 0 Å². The van der Waals surface area contributed by atoms with E-state index in [0.717, 1.165) is 57.8 Å². The minimum absolute atomic E-state index is 0.0192. The molecule has 0 aliphatic carbocycles. The molecule has 0 aliphatic heterocycles. The van der Waals surface area contributed by atoms with E-state index >= 15 is 0 Å². The van der Waals surface area contributed by atoms with Gasteiger partial charge in [-0.1, -0.05) is 213 Å². The first-order chi connectivity index (χ1) is 27.3. The summed E-state index contributed by atoms with van der Waals surface area (Å²) in [4.78, 5) is 49.6. The predicted molar refractivity (Wildman–Crippen MR) is 226 cm³/mol. The average molecular weight is 800 g/mol. The number of ether oxygens (including phenoxy) is 1. The Balaban J connectivity index is 5.04. The van der Waals surface area contributed by atoms with Gasteiger partial charge in [0, 0.05) is 19.3 Å². The predicted octanol–water partition coefficient (Wildman–Crippen LogP) is 11.9. The number of hydrogen-bond donors (Lipinski definition) is 3. The summed E-state index contributed by atoms with van der Waals surface area (Å²) in [6.07, 6.45) is 34.8. The third-order valence-electron chi connectivity index (χ3n) is 10.9. The van der Waals surface area contributed by atoms with Crippen molar-refractivity contribution in [2.45, 2.75) is 264 Å². The number of unbranched alkanes of at least 4 members (excludes halogenated alkanes) is 30. The van der Waals surface area contributed by atoms with Crippen molar-refractivity contribution in [2.24, 2.45) is 0 Å². The Morgan fingerprint density at radius 1 is 0.411 bits per heavy atom. The van der Waals surface area contributed by atoms with E-state index in [9.17, 15) is 29.7 Å². The van der Waals surface area contributed by atoms with Gasteiger partial charge < -0.3 is 29.7 Å². The second-order valence-electron chi connectivity index (χ2n) is 16.3. The molecule has 0 rings (SSSR count). The van der Waals surface area contributed by atoms with Crippen LogP contribution in [0.5, 0.6) is 0 Å². The molecule has 10 nitrogen and oxygen atoms in total. The summed E-state index contributed by atoms with van der Waals surface area (Å²) < 4.78 is 5.25. The second kappa shape index (κ2) is 40.0. The highest BCUT2D eigenvalue weighted by atomic mass is 17.0. The Hall–Kier alpha value is -1.75. The van der Waals surface area contributed by atoms with Crippen molar-refractivity contribution in [3.8, 4) is 0 Å². The number of rotatable bonds is 43. The standard InChI is InChI=1S/C46H89NO9/c1-4-7-10-13-16-19-22-25-28-31-34-37-42(50)54-45(53)46(40-48,41-49)47(55-43(51)38-35-32-29-26-23-20-17-14-11-8-5-2)56-44(52)39-36-33-30-27-24-21-18-15-12-9-6-3/h45,48-49,53H,4-41H2,1-3H3. The number of aliphatic hydroxyl groups excluding tert-OH is 3. The highest BCUT2D eigenvalue weighted by Crippen LogP contribution is 2.25. The maximum atomic E-state index is 13.0. The Morgan fingerprint density at radius 2 is 0.643 bits per heavy atom. The van der Waals surface area contributed by atoms with E-state index in [0.29, 0.717) is 24.5 Å². The lowest BCUT2D eigenvalue weighted by atomic mass is 10.0. The van der Waals surface area contributed by atoms with E-state index in [1.54, 1.807) is 0 Å². The first-order valence-electron chi connectivity index (χ1n) is 23.6. The number of carbonyl (C=O) groups is 3. The van der Waals surface area contributed by atoms with E-state index in [1.807, 2.05) is 0 Å². The van der Waals surface area contributed by atoms with Gasteiger partial charge >= 0.3 is 17.9 Å². The quantitative estimate of drug-likeness (QED) is 0.0236. The van der Waals surface area contributed by atoms with Gasteiger partial charge in [-0.25, -0.2) is 0 Å². The van der Waals surface area contributed by atoms with Gasteiger partial charge in [-0.05, 0) is 19.3 Å². The Kier molecular flexibility index (Phi) is 38.8. The molecule has 10 heteroatoms. The average Bonchev–Trinajstić information content (AvgIpc) is 3.18. The van der Waals surface area contributed by atoms with Crippen LogP contribution in [0.3, 0.4) is 0 Å². The number of hydroxylamine groups is 2. The van der Waals surface area contributed by atoms with E-state index in [4.69, 9.17) is 14.4 Å². The van der Waals surface area contributed by atoms with Crippen LogP contribution in [0.15, 0.2) is 0 Å². The number of carbonyl (C=O) groups excluding carboxylic acids is 3. The van der Waals surface area contributed by atoms with Gasteiger partial charge in [0.2, 0.25) is 11.8 Å². The molecule has 56 heavy (non-hydrogen) atoms. The minimum atomic E-state index is -2.31. The van der Waals surface area contributed by atoms with Gasteiger partial charge in [0.15, 0.2) is 0 Å². The van der Waals surface area contributed by atoms with Crippen molar-refractivity contribution in [3.05, 3.63) is 0 Å². The second-order valence-corrected chi connectivity index (χ2v) is 16.3. The van der Waals surface area contributed by atoms with Crippen LogP contribution >= 0.6 is 0 Å². The molecule has 0 aliphatic rings. The summed E-state index contributed by atoms with van der Waals surface area (Å²) >= 11 is 0. The zero-order valence-corrected chi connectivity index (χ0v) is 36.7. The number of nitrogens with zero attached hydrogens (tertiary/aromatic N) is 1. The smallest absolute Gasteiger partial charge is 0.329 e. The lowest BCUT2D eigenvalue weighted by Gasteiger charge is -2.39. The van der Waals surface area contributed by atoms with Crippen LogP contribution < -0.4 is 0 Å². The molecular formula is C46H89NO9. The Labute approximate surface area is 343 Å². The molecule has 0 saturated carbocycles. The van der Waals surface area contributed by atoms with Crippen molar-refractivity contribution in [3.63, 3.8) is 0 Å². The molecule has 0 saturated heterocycles. The van der Waals surface area contributed by atoms with Gasteiger partial charge in [0.25, 0.3) is 0 Å². The van der Waals surface area contributed by atoms with Gasteiger partial charge in [0.1, 0.15) is 0 Å². The van der Waals surface area contributed by atoms with Crippen molar-refractivity contribution < 1.29 is 44.1 Å². The van der Waals surface area contributed by atoms with Crippen LogP contribution in [0, 0.1) is 0 Å². The van der Waals surface area contributed by atoms with E-state index in [-0.39, 0.29) is 19.3 Å². The molecule has 0 fully saturated rings. The van der Waals surface area contributed by atoms with Crippen LogP contribution in [0.4, 0.5) is 0 Å². The first-order valence-corrected chi connectivity index (χ1v) is 23.6.